The summed E-state index contributed by atoms with van der Waals surface area (Å²) in [6.45, 7) is 16.7. The fourth-order valence-corrected chi connectivity index (χ4v) is 14.3. The summed E-state index contributed by atoms with van der Waals surface area (Å²) in [6.07, 6.45) is 10.8. The standard InChI is InChI=1S/C35H47BrN2O6S/c1-29(2)12-14-34-15-13-33(7)32(6)11-8-20-30(3,4)24(38-44-25(39)16-19-26(40)37-28(42)45-19)9-10-31(20,5)21(32)17-23(36)35(33,22(34)18-29)43-27(34)41/h16,20-23H,8-15,17-18H2,1-7H3,(H,37,40,42)/b19-16+,38-24+/t20-,21+,22+,23-,31-,32+,33-,34-,35+/m0/s1. The minimum absolute atomic E-state index is 0.00121. The number of esters is 1. The summed E-state index contributed by atoms with van der Waals surface area (Å²) in [6, 6.07) is 0. The zero-order valence-electron chi connectivity index (χ0n) is 27.6. The van der Waals surface area contributed by atoms with Crippen LogP contribution in [0.5, 0.6) is 0 Å². The van der Waals surface area contributed by atoms with E-state index in [4.69, 9.17) is 9.57 Å². The quantitative estimate of drug-likeness (QED) is 0.103. The molecule has 0 unspecified atom stereocenters. The molecule has 5 saturated carbocycles. The van der Waals surface area contributed by atoms with Crippen LogP contribution in [-0.2, 0) is 24.0 Å². The number of imide groups is 1. The third kappa shape index (κ3) is 3.99. The summed E-state index contributed by atoms with van der Waals surface area (Å²) >= 11 is 4.96. The minimum atomic E-state index is -0.756. The number of nitrogens with zero attached hydrogens (tertiary/aromatic N) is 1. The molecule has 2 bridgehead atoms. The van der Waals surface area contributed by atoms with Gasteiger partial charge < -0.3 is 9.57 Å². The van der Waals surface area contributed by atoms with Crippen LogP contribution >= 0.6 is 27.7 Å². The Morgan fingerprint density at radius 1 is 0.978 bits per heavy atom. The first-order valence-corrected chi connectivity index (χ1v) is 18.5. The molecule has 7 aliphatic rings. The van der Waals surface area contributed by atoms with Gasteiger partial charge in [0.1, 0.15) is 5.60 Å². The minimum Gasteiger partial charge on any atom is -0.457 e. The first kappa shape index (κ1) is 31.9. The van der Waals surface area contributed by atoms with Gasteiger partial charge in [-0.2, -0.15) is 0 Å². The zero-order valence-corrected chi connectivity index (χ0v) is 30.0. The number of carbonyl (C=O) groups excluding carboxylic acids is 4. The number of alkyl halides is 1. The highest BCUT2D eigenvalue weighted by Crippen LogP contribution is 2.81. The summed E-state index contributed by atoms with van der Waals surface area (Å²) < 4.78 is 6.88. The molecule has 0 aromatic rings. The molecule has 7 rings (SSSR count). The van der Waals surface area contributed by atoms with Gasteiger partial charge in [-0.1, -0.05) is 69.6 Å². The van der Waals surface area contributed by atoms with Gasteiger partial charge >= 0.3 is 11.9 Å². The Morgan fingerprint density at radius 3 is 2.38 bits per heavy atom. The fraction of sp³-hybridized carbons (Fsp3) is 0.800. The van der Waals surface area contributed by atoms with Gasteiger partial charge in [0.25, 0.3) is 11.1 Å². The van der Waals surface area contributed by atoms with Crippen molar-refractivity contribution in [3.63, 3.8) is 0 Å². The first-order valence-electron chi connectivity index (χ1n) is 16.8. The first-order chi connectivity index (χ1) is 20.9. The lowest BCUT2D eigenvalue weighted by Gasteiger charge is -2.74. The van der Waals surface area contributed by atoms with Crippen molar-refractivity contribution in [3.8, 4) is 0 Å². The van der Waals surface area contributed by atoms with Crippen LogP contribution in [0.25, 0.3) is 0 Å². The Bertz CT molecular complexity index is 1470. The van der Waals surface area contributed by atoms with Crippen molar-refractivity contribution in [1.29, 1.82) is 0 Å². The molecule has 246 valence electrons. The molecule has 2 heterocycles. The number of halogens is 1. The summed E-state index contributed by atoms with van der Waals surface area (Å²) in [4.78, 5) is 55.3. The molecule has 2 aliphatic heterocycles. The Kier molecular flexibility index (Phi) is 6.87. The van der Waals surface area contributed by atoms with Crippen LogP contribution in [0.4, 0.5) is 4.79 Å². The van der Waals surface area contributed by atoms with Gasteiger partial charge in [-0.25, -0.2) is 4.79 Å². The second-order valence-electron chi connectivity index (χ2n) is 17.4. The third-order valence-electron chi connectivity index (χ3n) is 14.9. The molecular formula is C35H47BrN2O6S. The van der Waals surface area contributed by atoms with Gasteiger partial charge in [-0.05, 0) is 104 Å². The lowest BCUT2D eigenvalue weighted by atomic mass is 9.31. The maximum atomic E-state index is 13.9. The smallest absolute Gasteiger partial charge is 0.359 e. The highest BCUT2D eigenvalue weighted by Gasteiger charge is 2.83. The summed E-state index contributed by atoms with van der Waals surface area (Å²) in [5.41, 5.74) is -0.174. The molecule has 9 atom stereocenters. The molecule has 2 saturated heterocycles. The summed E-state index contributed by atoms with van der Waals surface area (Å²) in [5, 5.41) is 6.03. The topological polar surface area (TPSA) is 111 Å². The van der Waals surface area contributed by atoms with Crippen LogP contribution in [-0.4, -0.2) is 39.2 Å². The number of hydrogen-bond acceptors (Lipinski definition) is 8. The zero-order chi connectivity index (χ0) is 32.6. The number of rotatable bonds is 2. The predicted molar refractivity (Wildman–Crippen MR) is 175 cm³/mol. The largest absolute Gasteiger partial charge is 0.457 e. The van der Waals surface area contributed by atoms with Crippen molar-refractivity contribution in [2.75, 3.05) is 0 Å². The second-order valence-corrected chi connectivity index (χ2v) is 19.5. The van der Waals surface area contributed by atoms with Gasteiger partial charge in [-0.3, -0.25) is 19.7 Å². The molecule has 1 N–H and O–H groups in total. The monoisotopic (exact) mass is 702 g/mol. The second kappa shape index (κ2) is 9.70. The molecule has 2 amide bonds. The van der Waals surface area contributed by atoms with E-state index in [1.54, 1.807) is 0 Å². The molecule has 10 heteroatoms. The Labute approximate surface area is 279 Å². The van der Waals surface area contributed by atoms with E-state index in [1.807, 2.05) is 0 Å². The van der Waals surface area contributed by atoms with E-state index in [-0.39, 0.29) is 54.1 Å². The molecule has 0 radical (unpaired) electrons. The molecule has 5 aliphatic carbocycles. The third-order valence-corrected chi connectivity index (χ3v) is 16.8. The lowest BCUT2D eigenvalue weighted by Crippen LogP contribution is -2.75. The number of hydrogen-bond donors (Lipinski definition) is 1. The summed E-state index contributed by atoms with van der Waals surface area (Å²) in [7, 11) is 0. The van der Waals surface area contributed by atoms with E-state index in [1.165, 1.54) is 0 Å². The average Bonchev–Trinajstić information content (AvgIpc) is 3.35. The molecule has 45 heavy (non-hydrogen) atoms. The normalized spacial score (nSPS) is 49.4. The number of amides is 2. The molecule has 1 spiro atoms. The van der Waals surface area contributed by atoms with Gasteiger partial charge in [0.05, 0.1) is 20.9 Å². The van der Waals surface area contributed by atoms with E-state index in [9.17, 15) is 19.2 Å². The van der Waals surface area contributed by atoms with Gasteiger partial charge in [0.15, 0.2) is 0 Å². The predicted octanol–water partition coefficient (Wildman–Crippen LogP) is 7.69. The highest BCUT2D eigenvalue weighted by molar-refractivity contribution is 9.09. The van der Waals surface area contributed by atoms with Crippen molar-refractivity contribution in [2.24, 2.45) is 55.4 Å². The number of carbonyl (C=O) groups is 4. The van der Waals surface area contributed by atoms with E-state index < -0.39 is 22.7 Å². The number of ether oxygens (including phenoxy) is 1. The van der Waals surface area contributed by atoms with Crippen molar-refractivity contribution >= 4 is 56.5 Å². The van der Waals surface area contributed by atoms with Gasteiger partial charge in [-0.15, -0.1) is 0 Å². The maximum Gasteiger partial charge on any atom is 0.359 e. The number of thioether (sulfide) groups is 1. The number of fused-ring (bicyclic) bond motifs is 4. The molecule has 7 fully saturated rings. The van der Waals surface area contributed by atoms with Crippen LogP contribution in [0.3, 0.4) is 0 Å². The van der Waals surface area contributed by atoms with Crippen LogP contribution in [0.2, 0.25) is 0 Å². The van der Waals surface area contributed by atoms with Crippen LogP contribution in [0, 0.1) is 50.2 Å². The van der Waals surface area contributed by atoms with Crippen molar-refractivity contribution < 1.29 is 28.8 Å². The summed E-state index contributed by atoms with van der Waals surface area (Å²) in [5.74, 6) is -0.276. The molecule has 0 aromatic heterocycles. The Hall–Kier alpha value is -1.68. The van der Waals surface area contributed by atoms with Crippen LogP contribution < -0.4 is 5.32 Å². The van der Waals surface area contributed by atoms with E-state index in [0.29, 0.717) is 30.0 Å². The number of nitrogens with one attached hydrogen (secondary N) is 1. The van der Waals surface area contributed by atoms with E-state index in [2.05, 4.69) is 74.9 Å². The van der Waals surface area contributed by atoms with Crippen LogP contribution in [0.1, 0.15) is 113 Å². The van der Waals surface area contributed by atoms with Crippen LogP contribution in [0.15, 0.2) is 16.1 Å². The van der Waals surface area contributed by atoms with E-state index >= 15 is 0 Å². The molecule has 0 aromatic carbocycles. The SMILES string of the molecule is CC1(C)CC[C@@]23CC[C@]4(C)[C@@](OC2=O)([C@@H]3C1)[C@@H](Br)C[C@@H]1[C@@]2(C)CC/C(=N\OC(=O)/C=C3/SC(=O)NC3=O)C(C)(C)[C@@H]2CC[C@]14C. The highest BCUT2D eigenvalue weighted by atomic mass is 79.9. The van der Waals surface area contributed by atoms with E-state index in [0.717, 1.165) is 69.6 Å². The maximum absolute atomic E-state index is 13.9. The van der Waals surface area contributed by atoms with Crippen molar-refractivity contribution in [3.05, 3.63) is 11.0 Å². The van der Waals surface area contributed by atoms with Crippen molar-refractivity contribution in [1.82, 2.24) is 5.32 Å². The Morgan fingerprint density at radius 2 is 1.69 bits per heavy atom. The van der Waals surface area contributed by atoms with Gasteiger partial charge in [0.2, 0.25) is 0 Å². The Balaban J connectivity index is 1.19. The van der Waals surface area contributed by atoms with Gasteiger partial charge in [0, 0.05) is 22.8 Å². The fourth-order valence-electron chi connectivity index (χ4n) is 12.4. The average molecular weight is 704 g/mol. The number of oxime groups is 1. The lowest BCUT2D eigenvalue weighted by molar-refractivity contribution is -0.272. The van der Waals surface area contributed by atoms with Crippen molar-refractivity contribution in [2.45, 2.75) is 123 Å². The molecular weight excluding hydrogens is 656 g/mol. The molecule has 8 nitrogen and oxygen atoms in total.